The molecule has 3 aromatic rings. The van der Waals surface area contributed by atoms with E-state index >= 15 is 0 Å². The molecular weight excluding hydrogens is 372 g/mol. The van der Waals surface area contributed by atoms with Crippen LogP contribution >= 0.6 is 0 Å². The number of benzene rings is 2. The van der Waals surface area contributed by atoms with Crippen molar-refractivity contribution in [3.05, 3.63) is 94.3 Å². The van der Waals surface area contributed by atoms with Crippen molar-refractivity contribution in [2.45, 2.75) is 30.7 Å². The summed E-state index contributed by atoms with van der Waals surface area (Å²) in [5, 5.41) is 4.49. The second-order valence-corrected chi connectivity index (χ2v) is 7.73. The average molecular weight is 391 g/mol. The second kappa shape index (κ2) is 6.37. The fraction of sp³-hybridized carbons (Fsp3) is 0.217. The first-order valence-corrected chi connectivity index (χ1v) is 9.61. The van der Waals surface area contributed by atoms with Crippen LogP contribution in [0.2, 0.25) is 0 Å². The summed E-state index contributed by atoms with van der Waals surface area (Å²) in [7, 11) is 0. The van der Waals surface area contributed by atoms with Crippen molar-refractivity contribution < 1.29 is 13.6 Å². The first kappa shape index (κ1) is 17.8. The van der Waals surface area contributed by atoms with Crippen LogP contribution in [0.4, 0.5) is 8.78 Å². The third-order valence-electron chi connectivity index (χ3n) is 5.88. The molecule has 1 fully saturated rings. The number of hydrogen-bond acceptors (Lipinski definition) is 2. The van der Waals surface area contributed by atoms with E-state index in [0.29, 0.717) is 12.0 Å². The molecule has 4 nitrogen and oxygen atoms in total. The van der Waals surface area contributed by atoms with Gasteiger partial charge in [-0.05, 0) is 36.1 Å². The van der Waals surface area contributed by atoms with Crippen LogP contribution in [0.25, 0.3) is 6.08 Å². The van der Waals surface area contributed by atoms with Crippen molar-refractivity contribution in [1.82, 2.24) is 9.78 Å². The molecule has 1 heterocycles. The molecule has 146 valence electrons. The zero-order valence-corrected chi connectivity index (χ0v) is 15.6. The van der Waals surface area contributed by atoms with E-state index in [1.165, 1.54) is 6.07 Å². The summed E-state index contributed by atoms with van der Waals surface area (Å²) < 4.78 is 29.7. The van der Waals surface area contributed by atoms with Gasteiger partial charge < -0.3 is 5.73 Å². The molecule has 2 N–H and O–H groups in total. The number of carbonyl (C=O) groups excluding carboxylic acids is 1. The number of nitrogens with two attached hydrogens (primary N) is 1. The number of allylic oxidation sites excluding steroid dienone is 1. The van der Waals surface area contributed by atoms with Gasteiger partial charge in [-0.25, -0.2) is 8.78 Å². The Balaban J connectivity index is 1.73. The summed E-state index contributed by atoms with van der Waals surface area (Å²) in [5.41, 5.74) is 8.34. The van der Waals surface area contributed by atoms with Gasteiger partial charge in [-0.1, -0.05) is 48.6 Å². The van der Waals surface area contributed by atoms with E-state index in [2.05, 4.69) is 5.10 Å². The molecule has 0 spiro atoms. The van der Waals surface area contributed by atoms with Gasteiger partial charge in [0.25, 0.3) is 5.91 Å². The van der Waals surface area contributed by atoms with E-state index in [9.17, 15) is 13.6 Å². The quantitative estimate of drug-likeness (QED) is 0.726. The largest absolute Gasteiger partial charge is 0.364 e. The lowest BCUT2D eigenvalue weighted by Gasteiger charge is -2.35. The number of amides is 1. The summed E-state index contributed by atoms with van der Waals surface area (Å²) in [5.74, 6) is -2.33. The molecule has 0 radical (unpaired) electrons. The SMILES string of the molecule is NC(=O)c1nn(C2CC2)c2c1C=CC(c1ccccc1)(c1ccc(F)c(F)c1)C2. The Kier molecular flexibility index (Phi) is 3.91. The molecule has 29 heavy (non-hydrogen) atoms. The van der Waals surface area contributed by atoms with Gasteiger partial charge in [0.05, 0.1) is 6.04 Å². The molecule has 2 aliphatic rings. The minimum atomic E-state index is -0.884. The van der Waals surface area contributed by atoms with Crippen molar-refractivity contribution in [2.75, 3.05) is 0 Å². The summed E-state index contributed by atoms with van der Waals surface area (Å²) in [6.07, 6.45) is 6.27. The molecule has 2 aliphatic carbocycles. The second-order valence-electron chi connectivity index (χ2n) is 7.73. The van der Waals surface area contributed by atoms with Crippen molar-refractivity contribution in [3.63, 3.8) is 0 Å². The van der Waals surface area contributed by atoms with Gasteiger partial charge in [-0.3, -0.25) is 9.48 Å². The highest BCUT2D eigenvalue weighted by molar-refractivity contribution is 5.95. The minimum absolute atomic E-state index is 0.252. The third-order valence-corrected chi connectivity index (χ3v) is 5.88. The predicted molar refractivity (Wildman–Crippen MR) is 105 cm³/mol. The van der Waals surface area contributed by atoms with Crippen LogP contribution in [-0.2, 0) is 11.8 Å². The van der Waals surface area contributed by atoms with Crippen molar-refractivity contribution in [2.24, 2.45) is 5.73 Å². The van der Waals surface area contributed by atoms with Crippen LogP contribution in [0.5, 0.6) is 0 Å². The summed E-state index contributed by atoms with van der Waals surface area (Å²) in [4.78, 5) is 11.9. The van der Waals surface area contributed by atoms with E-state index in [-0.39, 0.29) is 11.7 Å². The van der Waals surface area contributed by atoms with Gasteiger partial charge in [0.15, 0.2) is 17.3 Å². The number of nitrogens with zero attached hydrogens (tertiary/aromatic N) is 2. The first-order chi connectivity index (χ1) is 14.0. The molecule has 1 unspecified atom stereocenters. The Morgan fingerprint density at radius 1 is 1.07 bits per heavy atom. The van der Waals surface area contributed by atoms with Gasteiger partial charge in [0.2, 0.25) is 0 Å². The van der Waals surface area contributed by atoms with E-state index in [0.717, 1.165) is 35.7 Å². The number of carbonyl (C=O) groups is 1. The van der Waals surface area contributed by atoms with E-state index in [4.69, 9.17) is 5.73 Å². The molecule has 1 atom stereocenters. The zero-order chi connectivity index (χ0) is 20.2. The van der Waals surface area contributed by atoms with Crippen molar-refractivity contribution in [1.29, 1.82) is 0 Å². The van der Waals surface area contributed by atoms with Crippen molar-refractivity contribution in [3.8, 4) is 0 Å². The number of aromatic nitrogens is 2. The highest BCUT2D eigenvalue weighted by atomic mass is 19.2. The number of primary amides is 1. The van der Waals surface area contributed by atoms with Crippen LogP contribution in [0.1, 0.15) is 51.8 Å². The van der Waals surface area contributed by atoms with Gasteiger partial charge >= 0.3 is 0 Å². The molecule has 0 bridgehead atoms. The highest BCUT2D eigenvalue weighted by Crippen LogP contribution is 2.45. The monoisotopic (exact) mass is 391 g/mol. The number of rotatable bonds is 4. The maximum atomic E-state index is 14.2. The third kappa shape index (κ3) is 2.78. The Morgan fingerprint density at radius 3 is 2.48 bits per heavy atom. The number of hydrogen-bond donors (Lipinski definition) is 1. The van der Waals surface area contributed by atoms with Gasteiger partial charge in [-0.15, -0.1) is 0 Å². The molecule has 2 aromatic carbocycles. The van der Waals surface area contributed by atoms with E-state index in [1.807, 2.05) is 47.2 Å². The maximum Gasteiger partial charge on any atom is 0.269 e. The summed E-state index contributed by atoms with van der Waals surface area (Å²) in [6.45, 7) is 0. The van der Waals surface area contributed by atoms with Gasteiger partial charge in [-0.2, -0.15) is 5.10 Å². The van der Waals surface area contributed by atoms with E-state index in [1.54, 1.807) is 6.07 Å². The Bertz CT molecular complexity index is 1150. The lowest BCUT2D eigenvalue weighted by molar-refractivity contribution is 0.0994. The van der Waals surface area contributed by atoms with E-state index < -0.39 is 23.0 Å². The lowest BCUT2D eigenvalue weighted by Crippen LogP contribution is -2.32. The Morgan fingerprint density at radius 2 is 1.83 bits per heavy atom. The molecule has 0 saturated heterocycles. The van der Waals surface area contributed by atoms with Crippen LogP contribution in [0.3, 0.4) is 0 Å². The predicted octanol–water partition coefficient (Wildman–Crippen LogP) is 4.15. The Labute approximate surface area is 166 Å². The normalized spacial score (nSPS) is 20.5. The Hall–Kier alpha value is -3.28. The molecule has 5 rings (SSSR count). The highest BCUT2D eigenvalue weighted by Gasteiger charge is 2.40. The fourth-order valence-corrected chi connectivity index (χ4v) is 4.26. The number of fused-ring (bicyclic) bond motifs is 1. The maximum absolute atomic E-state index is 14.2. The first-order valence-electron chi connectivity index (χ1n) is 9.61. The summed E-state index contributed by atoms with van der Waals surface area (Å²) in [6, 6.07) is 14.0. The van der Waals surface area contributed by atoms with Gasteiger partial charge in [0, 0.05) is 23.1 Å². The molecule has 1 aromatic heterocycles. The lowest BCUT2D eigenvalue weighted by atomic mass is 9.68. The van der Waals surface area contributed by atoms with Gasteiger partial charge in [0.1, 0.15) is 0 Å². The topological polar surface area (TPSA) is 60.9 Å². The minimum Gasteiger partial charge on any atom is -0.364 e. The molecule has 1 saturated carbocycles. The van der Waals surface area contributed by atoms with Crippen LogP contribution in [-0.4, -0.2) is 15.7 Å². The average Bonchev–Trinajstić information content (AvgIpc) is 3.50. The van der Waals surface area contributed by atoms with Crippen LogP contribution in [0.15, 0.2) is 54.6 Å². The van der Waals surface area contributed by atoms with Crippen LogP contribution < -0.4 is 5.73 Å². The number of halogens is 2. The fourth-order valence-electron chi connectivity index (χ4n) is 4.26. The van der Waals surface area contributed by atoms with Crippen LogP contribution in [0, 0.1) is 11.6 Å². The molecular formula is C23H19F2N3O. The molecule has 1 amide bonds. The van der Waals surface area contributed by atoms with Crippen molar-refractivity contribution >= 4 is 12.0 Å². The summed E-state index contributed by atoms with van der Waals surface area (Å²) >= 11 is 0. The molecule has 6 heteroatoms. The smallest absolute Gasteiger partial charge is 0.269 e. The molecule has 0 aliphatic heterocycles. The standard InChI is InChI=1S/C23H19F2N3O/c24-18-9-6-15(12-19(18)25)23(14-4-2-1-3-5-14)11-10-17-20(13-23)28(16-7-8-16)27-21(17)22(26)29/h1-6,9-12,16H,7-8,13H2,(H2,26,29). The zero-order valence-electron chi connectivity index (χ0n) is 15.6.